The summed E-state index contributed by atoms with van der Waals surface area (Å²) in [5.41, 5.74) is 4.52. The summed E-state index contributed by atoms with van der Waals surface area (Å²) >= 11 is 0. The van der Waals surface area contributed by atoms with Crippen molar-refractivity contribution in [3.63, 3.8) is 0 Å². The highest BCUT2D eigenvalue weighted by molar-refractivity contribution is 6.08. The van der Waals surface area contributed by atoms with E-state index in [1.807, 2.05) is 30.5 Å². The Morgan fingerprint density at radius 3 is 2.73 bits per heavy atom. The lowest BCUT2D eigenvalue weighted by Gasteiger charge is -2.35. The minimum Gasteiger partial charge on any atom is -0.340 e. The molecule has 0 saturated heterocycles. The maximum Gasteiger partial charge on any atom is 0.156 e. The van der Waals surface area contributed by atoms with E-state index in [2.05, 4.69) is 59.3 Å². The summed E-state index contributed by atoms with van der Waals surface area (Å²) in [4.78, 5) is 16.9. The van der Waals surface area contributed by atoms with E-state index in [1.54, 1.807) is 0 Å². The van der Waals surface area contributed by atoms with E-state index in [0.29, 0.717) is 5.92 Å². The Hall–Kier alpha value is -3.01. The second-order valence-corrected chi connectivity index (χ2v) is 6.95. The minimum atomic E-state index is 0.0387. The third-order valence-electron chi connectivity index (χ3n) is 5.24. The summed E-state index contributed by atoms with van der Waals surface area (Å²) in [5.74, 6) is 1.12. The molecular weight excluding hydrogens is 320 g/mol. The fourth-order valence-corrected chi connectivity index (χ4v) is 4.11. The highest BCUT2D eigenvalue weighted by Crippen LogP contribution is 2.44. The number of pyridine rings is 1. The van der Waals surface area contributed by atoms with Crippen LogP contribution < -0.4 is 4.90 Å². The fourth-order valence-electron chi connectivity index (χ4n) is 4.11. The van der Waals surface area contributed by atoms with Gasteiger partial charge in [-0.1, -0.05) is 54.6 Å². The molecule has 3 unspecified atom stereocenters. The number of amidine groups is 1. The zero-order chi connectivity index (χ0) is 17.5. The number of benzene rings is 1. The molecule has 1 aromatic heterocycles. The molecule has 0 amide bonds. The van der Waals surface area contributed by atoms with Crippen LogP contribution in [0.15, 0.2) is 83.0 Å². The van der Waals surface area contributed by atoms with E-state index in [0.717, 1.165) is 29.2 Å². The van der Waals surface area contributed by atoms with Crippen molar-refractivity contribution < 1.29 is 0 Å². The molecule has 26 heavy (non-hydrogen) atoms. The molecule has 1 aromatic carbocycles. The number of aromatic nitrogens is 1. The summed E-state index contributed by atoms with van der Waals surface area (Å²) in [5, 5.41) is 0. The quantitative estimate of drug-likeness (QED) is 0.825. The first-order chi connectivity index (χ1) is 12.8. The molecule has 1 aliphatic carbocycles. The standard InChI is InChI=1S/C22H20N4/c1-15-14-20(25-22(24-15)16-8-3-2-4-9-16)26-18-11-6-5-10-17(18)21-19(26)12-7-13-23-21/h2-13,17-18,20H,14H2,1H3. The topological polar surface area (TPSA) is 40.9 Å². The number of fused-ring (bicyclic) bond motifs is 3. The first-order valence-electron chi connectivity index (χ1n) is 9.07. The third kappa shape index (κ3) is 2.41. The number of hydrogen-bond acceptors (Lipinski definition) is 4. The van der Waals surface area contributed by atoms with Gasteiger partial charge < -0.3 is 4.90 Å². The molecule has 5 rings (SSSR count). The van der Waals surface area contributed by atoms with Gasteiger partial charge in [0, 0.05) is 29.8 Å². The van der Waals surface area contributed by atoms with Gasteiger partial charge in [0.15, 0.2) is 5.84 Å². The lowest BCUT2D eigenvalue weighted by atomic mass is 9.94. The van der Waals surface area contributed by atoms with Crippen molar-refractivity contribution >= 4 is 17.2 Å². The number of allylic oxidation sites excluding steroid dienone is 2. The van der Waals surface area contributed by atoms with Gasteiger partial charge in [0.1, 0.15) is 6.17 Å². The molecule has 0 bridgehead atoms. The molecule has 0 saturated carbocycles. The minimum absolute atomic E-state index is 0.0387. The Balaban J connectivity index is 1.59. The van der Waals surface area contributed by atoms with Crippen molar-refractivity contribution in [3.8, 4) is 0 Å². The second-order valence-electron chi connectivity index (χ2n) is 6.95. The molecule has 128 valence electrons. The van der Waals surface area contributed by atoms with Gasteiger partial charge in [-0.05, 0) is 19.1 Å². The number of nitrogens with zero attached hydrogens (tertiary/aromatic N) is 4. The Bertz CT molecular complexity index is 955. The van der Waals surface area contributed by atoms with Crippen molar-refractivity contribution in [2.45, 2.75) is 31.5 Å². The summed E-state index contributed by atoms with van der Waals surface area (Å²) in [6.45, 7) is 2.10. The SMILES string of the molecule is CC1=NC(c2ccccc2)=NC(N2c3cccnc3C3C=CC=CC32)C1. The number of aliphatic imine (C=N–C) groups is 2. The predicted molar refractivity (Wildman–Crippen MR) is 106 cm³/mol. The smallest absolute Gasteiger partial charge is 0.156 e. The molecule has 0 N–H and O–H groups in total. The van der Waals surface area contributed by atoms with Crippen molar-refractivity contribution in [3.05, 3.63) is 84.2 Å². The Morgan fingerprint density at radius 2 is 1.85 bits per heavy atom. The summed E-state index contributed by atoms with van der Waals surface area (Å²) in [6.07, 6.45) is 11.5. The third-order valence-corrected chi connectivity index (χ3v) is 5.24. The van der Waals surface area contributed by atoms with Gasteiger partial charge in [-0.15, -0.1) is 0 Å². The van der Waals surface area contributed by atoms with E-state index < -0.39 is 0 Å². The zero-order valence-corrected chi connectivity index (χ0v) is 14.7. The molecule has 4 nitrogen and oxygen atoms in total. The first-order valence-corrected chi connectivity index (χ1v) is 9.07. The van der Waals surface area contributed by atoms with E-state index in [9.17, 15) is 0 Å². The van der Waals surface area contributed by atoms with Gasteiger partial charge in [-0.3, -0.25) is 4.98 Å². The van der Waals surface area contributed by atoms with Crippen LogP contribution in [0, 0.1) is 0 Å². The van der Waals surface area contributed by atoms with E-state index in [-0.39, 0.29) is 12.2 Å². The van der Waals surface area contributed by atoms with Gasteiger partial charge in [-0.25, -0.2) is 9.98 Å². The molecule has 4 heteroatoms. The average molecular weight is 340 g/mol. The van der Waals surface area contributed by atoms with Crippen LogP contribution in [-0.4, -0.2) is 28.7 Å². The summed E-state index contributed by atoms with van der Waals surface area (Å²) in [7, 11) is 0. The molecule has 2 aliphatic heterocycles. The van der Waals surface area contributed by atoms with Gasteiger partial charge in [0.2, 0.25) is 0 Å². The summed E-state index contributed by atoms with van der Waals surface area (Å²) < 4.78 is 0. The first kappa shape index (κ1) is 15.3. The molecular formula is C22H20N4. The van der Waals surface area contributed by atoms with Crippen LogP contribution in [0.25, 0.3) is 0 Å². The number of hydrogen-bond donors (Lipinski definition) is 0. The molecule has 3 heterocycles. The predicted octanol–water partition coefficient (Wildman–Crippen LogP) is 4.12. The molecule has 3 aliphatic rings. The second kappa shape index (κ2) is 6.06. The lowest BCUT2D eigenvalue weighted by molar-refractivity contribution is 0.571. The fraction of sp³-hybridized carbons (Fsp3) is 0.227. The monoisotopic (exact) mass is 340 g/mol. The van der Waals surface area contributed by atoms with E-state index >= 15 is 0 Å². The van der Waals surface area contributed by atoms with Crippen LogP contribution in [0.2, 0.25) is 0 Å². The zero-order valence-electron chi connectivity index (χ0n) is 14.7. The maximum atomic E-state index is 5.04. The average Bonchev–Trinajstić information content (AvgIpc) is 3.03. The van der Waals surface area contributed by atoms with Gasteiger partial charge in [0.05, 0.1) is 17.4 Å². The van der Waals surface area contributed by atoms with Crippen LogP contribution in [0.4, 0.5) is 5.69 Å². The van der Waals surface area contributed by atoms with Crippen LogP contribution in [-0.2, 0) is 0 Å². The van der Waals surface area contributed by atoms with Crippen LogP contribution in [0.1, 0.15) is 30.5 Å². The normalized spacial score (nSPS) is 26.2. The lowest BCUT2D eigenvalue weighted by Crippen LogP contribution is -2.43. The van der Waals surface area contributed by atoms with Crippen LogP contribution >= 0.6 is 0 Å². The molecule has 2 aromatic rings. The Labute approximate surface area is 153 Å². The highest BCUT2D eigenvalue weighted by Gasteiger charge is 2.41. The Morgan fingerprint density at radius 1 is 1.00 bits per heavy atom. The van der Waals surface area contributed by atoms with E-state index in [1.165, 1.54) is 5.69 Å². The van der Waals surface area contributed by atoms with Gasteiger partial charge in [0.25, 0.3) is 0 Å². The highest BCUT2D eigenvalue weighted by atomic mass is 15.3. The summed E-state index contributed by atoms with van der Waals surface area (Å²) in [6, 6.07) is 14.7. The molecule has 0 fully saturated rings. The molecule has 0 spiro atoms. The maximum absolute atomic E-state index is 5.04. The Kier molecular flexibility index (Phi) is 3.56. The van der Waals surface area contributed by atoms with Crippen molar-refractivity contribution in [2.24, 2.45) is 9.98 Å². The van der Waals surface area contributed by atoms with Crippen molar-refractivity contribution in [1.82, 2.24) is 4.98 Å². The van der Waals surface area contributed by atoms with Crippen LogP contribution in [0.3, 0.4) is 0 Å². The largest absolute Gasteiger partial charge is 0.340 e. The van der Waals surface area contributed by atoms with Crippen LogP contribution in [0.5, 0.6) is 0 Å². The molecule has 0 radical (unpaired) electrons. The van der Waals surface area contributed by atoms with Gasteiger partial charge >= 0.3 is 0 Å². The number of rotatable bonds is 2. The van der Waals surface area contributed by atoms with Crippen molar-refractivity contribution in [2.75, 3.05) is 4.90 Å². The number of anilines is 1. The van der Waals surface area contributed by atoms with Crippen molar-refractivity contribution in [1.29, 1.82) is 0 Å². The van der Waals surface area contributed by atoms with E-state index in [4.69, 9.17) is 9.98 Å². The van der Waals surface area contributed by atoms with Gasteiger partial charge in [-0.2, -0.15) is 0 Å². The molecule has 3 atom stereocenters.